The third kappa shape index (κ3) is 6.62. The highest BCUT2D eigenvalue weighted by molar-refractivity contribution is 6.34. The van der Waals surface area contributed by atoms with Crippen molar-refractivity contribution in [3.63, 3.8) is 0 Å². The zero-order valence-corrected chi connectivity index (χ0v) is 24.2. The van der Waals surface area contributed by atoms with Crippen LogP contribution in [-0.2, 0) is 24.6 Å². The number of carbonyl (C=O) groups is 1. The van der Waals surface area contributed by atoms with Crippen LogP contribution in [0.2, 0.25) is 5.02 Å². The van der Waals surface area contributed by atoms with Crippen molar-refractivity contribution < 1.29 is 34.0 Å². The molecule has 0 amide bonds. The van der Waals surface area contributed by atoms with E-state index in [1.165, 1.54) is 19.1 Å². The zero-order chi connectivity index (χ0) is 31.3. The molecule has 4 aromatic carbocycles. The maximum Gasteiger partial charge on any atom is 0.326 e. The normalized spacial score (nSPS) is 12.5. The van der Waals surface area contributed by atoms with Crippen molar-refractivity contribution in [2.24, 2.45) is 0 Å². The number of nitro benzene ring substituents is 1. The zero-order valence-electron chi connectivity index (χ0n) is 23.4. The first-order valence-corrected chi connectivity index (χ1v) is 13.8. The van der Waals surface area contributed by atoms with Crippen LogP contribution in [0.1, 0.15) is 23.6 Å². The fourth-order valence-corrected chi connectivity index (χ4v) is 4.67. The van der Waals surface area contributed by atoms with Gasteiger partial charge in [-0.25, -0.2) is 4.63 Å². The number of carboxylic acids is 1. The molecule has 1 aromatic heterocycles. The monoisotopic (exact) mass is 618 g/mol. The minimum Gasteiger partial charge on any atom is -0.488 e. The number of aliphatic hydroxyl groups excluding tert-OH is 1. The number of nitrogens with zero attached hydrogens (tertiary/aromatic N) is 3. The standard InChI is InChI=1S/C31H27ClN4O8/c1-31(18-37,30(38)39)33-15-22-13-26(36(40)41)28(14-27(22)42-16-19-10-11-24-25(12-19)35-44-34-24)43-17-21-8-5-9-23(29(21)32)20-6-3-2-4-7-20/h2-14,33,37H,15-18H2,1H3,(H,38,39)/t31-/m0/s1. The van der Waals surface area contributed by atoms with E-state index in [9.17, 15) is 25.1 Å². The van der Waals surface area contributed by atoms with Crippen molar-refractivity contribution in [3.8, 4) is 22.6 Å². The van der Waals surface area contributed by atoms with Crippen LogP contribution in [0.25, 0.3) is 22.2 Å². The Bertz CT molecular complexity index is 1810. The number of nitrogens with one attached hydrogen (secondary N) is 1. The lowest BCUT2D eigenvalue weighted by atomic mass is 10.0. The molecular formula is C31H27ClN4O8. The fraction of sp³-hybridized carbons (Fsp3) is 0.194. The third-order valence-electron chi connectivity index (χ3n) is 7.06. The molecule has 0 saturated carbocycles. The van der Waals surface area contributed by atoms with E-state index < -0.39 is 23.0 Å². The Balaban J connectivity index is 1.46. The van der Waals surface area contributed by atoms with Crippen LogP contribution in [0, 0.1) is 10.1 Å². The Morgan fingerprint density at radius 3 is 2.45 bits per heavy atom. The summed E-state index contributed by atoms with van der Waals surface area (Å²) in [6.07, 6.45) is 0. The first kappa shape index (κ1) is 30.4. The summed E-state index contributed by atoms with van der Waals surface area (Å²) in [7, 11) is 0. The van der Waals surface area contributed by atoms with Gasteiger partial charge in [-0.1, -0.05) is 66.2 Å². The number of ether oxygens (including phenoxy) is 2. The molecule has 44 heavy (non-hydrogen) atoms. The summed E-state index contributed by atoms with van der Waals surface area (Å²) in [6.45, 7) is 0.382. The highest BCUT2D eigenvalue weighted by atomic mass is 35.5. The molecule has 226 valence electrons. The van der Waals surface area contributed by atoms with Crippen molar-refractivity contribution in [2.45, 2.75) is 32.2 Å². The van der Waals surface area contributed by atoms with Gasteiger partial charge in [-0.2, -0.15) is 0 Å². The van der Waals surface area contributed by atoms with Crippen molar-refractivity contribution >= 4 is 34.3 Å². The van der Waals surface area contributed by atoms with E-state index >= 15 is 0 Å². The number of aromatic nitrogens is 2. The topological polar surface area (TPSA) is 170 Å². The highest BCUT2D eigenvalue weighted by Gasteiger charge is 2.32. The summed E-state index contributed by atoms with van der Waals surface area (Å²) in [6, 6.07) is 22.9. The molecule has 0 saturated heterocycles. The average Bonchev–Trinajstić information content (AvgIpc) is 3.50. The van der Waals surface area contributed by atoms with Gasteiger partial charge in [0.25, 0.3) is 0 Å². The van der Waals surface area contributed by atoms with Gasteiger partial charge >= 0.3 is 11.7 Å². The Hall–Kier alpha value is -5.04. The molecule has 5 aromatic rings. The minimum atomic E-state index is -1.70. The molecule has 0 aliphatic carbocycles. The largest absolute Gasteiger partial charge is 0.488 e. The average molecular weight is 619 g/mol. The van der Waals surface area contributed by atoms with Crippen LogP contribution in [0.4, 0.5) is 5.69 Å². The Morgan fingerprint density at radius 2 is 1.73 bits per heavy atom. The molecule has 0 aliphatic heterocycles. The lowest BCUT2D eigenvalue weighted by molar-refractivity contribution is -0.386. The Labute approximate surface area is 255 Å². The molecule has 1 heterocycles. The molecule has 1 atom stereocenters. The van der Waals surface area contributed by atoms with Crippen LogP contribution >= 0.6 is 11.6 Å². The number of benzene rings is 4. The first-order chi connectivity index (χ1) is 21.2. The second-order valence-electron chi connectivity index (χ2n) is 10.1. The van der Waals surface area contributed by atoms with E-state index in [1.807, 2.05) is 42.5 Å². The maximum absolute atomic E-state index is 12.1. The smallest absolute Gasteiger partial charge is 0.326 e. The molecule has 0 bridgehead atoms. The molecular weight excluding hydrogens is 592 g/mol. The van der Waals surface area contributed by atoms with E-state index in [4.69, 9.17) is 25.7 Å². The van der Waals surface area contributed by atoms with Crippen LogP contribution in [0.3, 0.4) is 0 Å². The van der Waals surface area contributed by atoms with Crippen molar-refractivity contribution in [1.29, 1.82) is 0 Å². The van der Waals surface area contributed by atoms with Gasteiger partial charge in [-0.15, -0.1) is 0 Å². The third-order valence-corrected chi connectivity index (χ3v) is 7.50. The highest BCUT2D eigenvalue weighted by Crippen LogP contribution is 2.37. The number of hydrogen-bond acceptors (Lipinski definition) is 10. The number of carboxylic acid groups (broad SMARTS) is 1. The van der Waals surface area contributed by atoms with Gasteiger partial charge in [0.15, 0.2) is 0 Å². The molecule has 0 aliphatic rings. The van der Waals surface area contributed by atoms with E-state index in [2.05, 4.69) is 15.6 Å². The molecule has 0 fully saturated rings. The van der Waals surface area contributed by atoms with Crippen LogP contribution in [-0.4, -0.2) is 43.6 Å². The van der Waals surface area contributed by atoms with E-state index in [0.29, 0.717) is 27.2 Å². The number of rotatable bonds is 13. The molecule has 0 radical (unpaired) electrons. The van der Waals surface area contributed by atoms with Crippen molar-refractivity contribution in [2.75, 3.05) is 6.61 Å². The summed E-state index contributed by atoms with van der Waals surface area (Å²) in [5, 5.41) is 42.2. The van der Waals surface area contributed by atoms with Gasteiger partial charge in [-0.05, 0) is 40.5 Å². The molecule has 0 unspecified atom stereocenters. The summed E-state index contributed by atoms with van der Waals surface area (Å²) < 4.78 is 16.8. The van der Waals surface area contributed by atoms with Gasteiger partial charge in [0, 0.05) is 35.4 Å². The summed E-state index contributed by atoms with van der Waals surface area (Å²) >= 11 is 6.71. The Morgan fingerprint density at radius 1 is 0.977 bits per heavy atom. The predicted octanol–water partition coefficient (Wildman–Crippen LogP) is 5.53. The number of nitro groups is 1. The number of halogens is 1. The van der Waals surface area contributed by atoms with Crippen LogP contribution in [0.5, 0.6) is 11.5 Å². The molecule has 13 heteroatoms. The number of aliphatic hydroxyl groups is 1. The predicted molar refractivity (Wildman–Crippen MR) is 160 cm³/mol. The first-order valence-electron chi connectivity index (χ1n) is 13.4. The van der Waals surface area contributed by atoms with E-state index in [0.717, 1.165) is 11.1 Å². The van der Waals surface area contributed by atoms with Crippen molar-refractivity contribution in [3.05, 3.63) is 111 Å². The molecule has 0 spiro atoms. The van der Waals surface area contributed by atoms with Crippen LogP contribution in [0.15, 0.2) is 83.5 Å². The van der Waals surface area contributed by atoms with Gasteiger partial charge < -0.3 is 19.7 Å². The SMILES string of the molecule is C[C@@](CO)(NCc1cc([N+](=O)[O-])c(OCc2cccc(-c3ccccc3)c2Cl)cc1OCc1ccc2nonc2c1)C(=O)O. The van der Waals surface area contributed by atoms with Gasteiger partial charge in [0.1, 0.15) is 35.5 Å². The second kappa shape index (κ2) is 13.1. The number of aliphatic carboxylic acids is 1. The second-order valence-corrected chi connectivity index (χ2v) is 10.5. The van der Waals surface area contributed by atoms with E-state index in [-0.39, 0.29) is 42.5 Å². The summed E-state index contributed by atoms with van der Waals surface area (Å²) in [5.74, 6) is -1.17. The van der Waals surface area contributed by atoms with Gasteiger partial charge in [-0.3, -0.25) is 20.2 Å². The lowest BCUT2D eigenvalue weighted by Gasteiger charge is -2.24. The van der Waals surface area contributed by atoms with Crippen LogP contribution < -0.4 is 14.8 Å². The van der Waals surface area contributed by atoms with Gasteiger partial charge in [0.2, 0.25) is 5.75 Å². The summed E-state index contributed by atoms with van der Waals surface area (Å²) in [4.78, 5) is 23.3. The molecule has 12 nitrogen and oxygen atoms in total. The Kier molecular flexibility index (Phi) is 9.04. The quantitative estimate of drug-likeness (QED) is 0.112. The molecule has 3 N–H and O–H groups in total. The van der Waals surface area contributed by atoms with Gasteiger partial charge in [0.05, 0.1) is 16.6 Å². The van der Waals surface area contributed by atoms with Crippen molar-refractivity contribution in [1.82, 2.24) is 15.6 Å². The van der Waals surface area contributed by atoms with E-state index in [1.54, 1.807) is 24.3 Å². The summed E-state index contributed by atoms with van der Waals surface area (Å²) in [5.41, 5.74) is 2.33. The maximum atomic E-state index is 12.1. The number of fused-ring (bicyclic) bond motifs is 1. The fourth-order valence-electron chi connectivity index (χ4n) is 4.38. The lowest BCUT2D eigenvalue weighted by Crippen LogP contribution is -2.52. The number of hydrogen-bond donors (Lipinski definition) is 3. The minimum absolute atomic E-state index is 0.0359. The molecule has 5 rings (SSSR count).